The molecule has 1 heterocycles. The lowest BCUT2D eigenvalue weighted by atomic mass is 10.2. The molecule has 3 rings (SSSR count). The number of amides is 1. The Bertz CT molecular complexity index is 434. The average molecular weight is 232 g/mol. The topological polar surface area (TPSA) is 55.6 Å². The molecule has 2 aliphatic rings. The lowest BCUT2D eigenvalue weighted by molar-refractivity contribution is 0.0998. The highest BCUT2D eigenvalue weighted by molar-refractivity contribution is 5.69. The smallest absolute Gasteiger partial charge is 0.410 e. The molecule has 1 aromatic carbocycles. The molecule has 0 bridgehead atoms. The number of hydrogen-bond acceptors (Lipinski definition) is 3. The lowest BCUT2D eigenvalue weighted by Gasteiger charge is -2.18. The first-order valence-corrected chi connectivity index (χ1v) is 5.92. The minimum atomic E-state index is -0.245. The molecular weight excluding hydrogens is 216 g/mol. The van der Waals surface area contributed by atoms with Crippen LogP contribution in [0.15, 0.2) is 30.3 Å². The fraction of sp³-hybridized carbons (Fsp3) is 0.462. The molecule has 4 heteroatoms. The number of likely N-dealkylation sites (tertiary alicyclic amines) is 1. The summed E-state index contributed by atoms with van der Waals surface area (Å²) in [7, 11) is 0. The van der Waals surface area contributed by atoms with Gasteiger partial charge in [0.15, 0.2) is 0 Å². The summed E-state index contributed by atoms with van der Waals surface area (Å²) >= 11 is 0. The number of nitrogens with two attached hydrogens (primary N) is 1. The van der Waals surface area contributed by atoms with E-state index >= 15 is 0 Å². The van der Waals surface area contributed by atoms with Crippen molar-refractivity contribution in [3.05, 3.63) is 35.9 Å². The van der Waals surface area contributed by atoms with Gasteiger partial charge >= 0.3 is 6.09 Å². The van der Waals surface area contributed by atoms with Gasteiger partial charge in [0.1, 0.15) is 6.61 Å². The Morgan fingerprint density at radius 1 is 1.47 bits per heavy atom. The third kappa shape index (κ3) is 2.00. The Kier molecular flexibility index (Phi) is 2.33. The molecule has 90 valence electrons. The fourth-order valence-corrected chi connectivity index (χ4v) is 2.48. The van der Waals surface area contributed by atoms with E-state index in [4.69, 9.17) is 10.5 Å². The van der Waals surface area contributed by atoms with Gasteiger partial charge in [-0.1, -0.05) is 30.3 Å². The molecule has 1 saturated carbocycles. The number of ether oxygens (including phenoxy) is 1. The molecule has 4 nitrogen and oxygen atoms in total. The minimum Gasteiger partial charge on any atom is -0.445 e. The highest BCUT2D eigenvalue weighted by Crippen LogP contribution is 2.47. The van der Waals surface area contributed by atoms with Crippen LogP contribution in [0.1, 0.15) is 12.0 Å². The normalized spacial score (nSPS) is 29.9. The zero-order valence-electron chi connectivity index (χ0n) is 9.63. The Morgan fingerprint density at radius 2 is 2.24 bits per heavy atom. The second kappa shape index (κ2) is 3.74. The molecular formula is C13H16N2O2. The van der Waals surface area contributed by atoms with Crippen molar-refractivity contribution in [2.24, 2.45) is 11.7 Å². The maximum atomic E-state index is 11.8. The summed E-state index contributed by atoms with van der Waals surface area (Å²) in [5.41, 5.74) is 6.94. The van der Waals surface area contributed by atoms with Crippen LogP contribution in [-0.2, 0) is 11.3 Å². The van der Waals surface area contributed by atoms with E-state index in [9.17, 15) is 4.79 Å². The SMILES string of the molecule is NC12CC1CN(C(=O)OCc1ccccc1)C2. The summed E-state index contributed by atoms with van der Waals surface area (Å²) < 4.78 is 5.26. The summed E-state index contributed by atoms with van der Waals surface area (Å²) in [5.74, 6) is 0.492. The second-order valence-corrected chi connectivity index (χ2v) is 5.05. The summed E-state index contributed by atoms with van der Waals surface area (Å²) in [4.78, 5) is 13.5. The highest BCUT2D eigenvalue weighted by atomic mass is 16.6. The van der Waals surface area contributed by atoms with Crippen molar-refractivity contribution in [3.63, 3.8) is 0 Å². The molecule has 2 fully saturated rings. The second-order valence-electron chi connectivity index (χ2n) is 5.05. The van der Waals surface area contributed by atoms with E-state index in [0.29, 0.717) is 19.1 Å². The van der Waals surface area contributed by atoms with Crippen LogP contribution in [0.2, 0.25) is 0 Å². The van der Waals surface area contributed by atoms with Gasteiger partial charge in [-0.2, -0.15) is 0 Å². The van der Waals surface area contributed by atoms with Crippen molar-refractivity contribution in [1.29, 1.82) is 0 Å². The molecule has 0 spiro atoms. The van der Waals surface area contributed by atoms with Crippen molar-refractivity contribution in [1.82, 2.24) is 4.90 Å². The van der Waals surface area contributed by atoms with Gasteiger partial charge in [-0.3, -0.25) is 0 Å². The number of fused-ring (bicyclic) bond motifs is 1. The van der Waals surface area contributed by atoms with Crippen LogP contribution in [-0.4, -0.2) is 29.6 Å². The Hall–Kier alpha value is -1.55. The molecule has 2 N–H and O–H groups in total. The number of rotatable bonds is 2. The van der Waals surface area contributed by atoms with E-state index in [-0.39, 0.29) is 11.6 Å². The summed E-state index contributed by atoms with van der Waals surface area (Å²) in [6.07, 6.45) is 0.806. The van der Waals surface area contributed by atoms with Crippen LogP contribution in [0.25, 0.3) is 0 Å². The monoisotopic (exact) mass is 232 g/mol. The maximum Gasteiger partial charge on any atom is 0.410 e. The molecule has 1 aromatic rings. The fourth-order valence-electron chi connectivity index (χ4n) is 2.48. The van der Waals surface area contributed by atoms with Gasteiger partial charge in [-0.25, -0.2) is 4.79 Å². The van der Waals surface area contributed by atoms with Gasteiger partial charge in [0, 0.05) is 18.6 Å². The number of benzene rings is 1. The van der Waals surface area contributed by atoms with Crippen molar-refractivity contribution >= 4 is 6.09 Å². The molecule has 0 radical (unpaired) electrons. The largest absolute Gasteiger partial charge is 0.445 e. The van der Waals surface area contributed by atoms with Crippen LogP contribution >= 0.6 is 0 Å². The van der Waals surface area contributed by atoms with Gasteiger partial charge < -0.3 is 15.4 Å². The molecule has 2 unspecified atom stereocenters. The first kappa shape index (κ1) is 10.6. The van der Waals surface area contributed by atoms with E-state index in [1.165, 1.54) is 0 Å². The minimum absolute atomic E-state index is 0.105. The first-order chi connectivity index (χ1) is 8.17. The summed E-state index contributed by atoms with van der Waals surface area (Å²) in [5, 5.41) is 0. The van der Waals surface area contributed by atoms with Crippen LogP contribution in [0, 0.1) is 5.92 Å². The number of piperidine rings is 1. The average Bonchev–Trinajstić information content (AvgIpc) is 2.86. The van der Waals surface area contributed by atoms with Crippen molar-refractivity contribution < 1.29 is 9.53 Å². The van der Waals surface area contributed by atoms with Crippen LogP contribution in [0.4, 0.5) is 4.79 Å². The van der Waals surface area contributed by atoms with Gasteiger partial charge in [-0.15, -0.1) is 0 Å². The number of hydrogen-bond donors (Lipinski definition) is 1. The quantitative estimate of drug-likeness (QED) is 0.837. The third-order valence-electron chi connectivity index (χ3n) is 3.67. The van der Waals surface area contributed by atoms with E-state index in [2.05, 4.69) is 0 Å². The molecule has 1 amide bonds. The van der Waals surface area contributed by atoms with E-state index < -0.39 is 0 Å². The Labute approximate surface area is 100 Å². The van der Waals surface area contributed by atoms with E-state index in [1.54, 1.807) is 4.90 Å². The highest BCUT2D eigenvalue weighted by Gasteiger charge is 2.58. The van der Waals surface area contributed by atoms with Crippen LogP contribution in [0.5, 0.6) is 0 Å². The van der Waals surface area contributed by atoms with Gasteiger partial charge in [0.25, 0.3) is 0 Å². The number of nitrogens with zero attached hydrogens (tertiary/aromatic N) is 1. The zero-order chi connectivity index (χ0) is 11.9. The van der Waals surface area contributed by atoms with Crippen LogP contribution < -0.4 is 5.73 Å². The van der Waals surface area contributed by atoms with E-state index in [0.717, 1.165) is 18.5 Å². The number of carbonyl (C=O) groups is 1. The summed E-state index contributed by atoms with van der Waals surface area (Å²) in [6, 6.07) is 9.70. The Balaban J connectivity index is 1.51. The molecule has 0 aromatic heterocycles. The predicted octanol–water partition coefficient (Wildman–Crippen LogP) is 1.36. The van der Waals surface area contributed by atoms with Crippen molar-refractivity contribution in [2.45, 2.75) is 18.6 Å². The van der Waals surface area contributed by atoms with Gasteiger partial charge in [0.2, 0.25) is 0 Å². The van der Waals surface area contributed by atoms with Gasteiger partial charge in [0.05, 0.1) is 0 Å². The number of carbonyl (C=O) groups excluding carboxylic acids is 1. The Morgan fingerprint density at radius 3 is 2.88 bits per heavy atom. The molecule has 1 saturated heterocycles. The van der Waals surface area contributed by atoms with E-state index in [1.807, 2.05) is 30.3 Å². The molecule has 17 heavy (non-hydrogen) atoms. The van der Waals surface area contributed by atoms with Crippen molar-refractivity contribution in [3.8, 4) is 0 Å². The van der Waals surface area contributed by atoms with Crippen molar-refractivity contribution in [2.75, 3.05) is 13.1 Å². The maximum absolute atomic E-state index is 11.8. The third-order valence-corrected chi connectivity index (χ3v) is 3.67. The molecule has 1 aliphatic heterocycles. The van der Waals surface area contributed by atoms with Gasteiger partial charge in [-0.05, 0) is 17.9 Å². The molecule has 1 aliphatic carbocycles. The zero-order valence-corrected chi connectivity index (χ0v) is 9.63. The summed E-state index contributed by atoms with van der Waals surface area (Å²) in [6.45, 7) is 1.73. The van der Waals surface area contributed by atoms with Crippen LogP contribution in [0.3, 0.4) is 0 Å². The predicted molar refractivity (Wildman–Crippen MR) is 63.2 cm³/mol. The first-order valence-electron chi connectivity index (χ1n) is 5.92. The molecule has 2 atom stereocenters. The lowest BCUT2D eigenvalue weighted by Crippen LogP contribution is -2.37. The standard InChI is InChI=1S/C13H16N2O2/c14-13-6-11(13)7-15(9-13)12(16)17-8-10-4-2-1-3-5-10/h1-5,11H,6-9,14H2.